The van der Waals surface area contributed by atoms with Gasteiger partial charge in [0.2, 0.25) is 5.91 Å². The maximum Gasteiger partial charge on any atom is 0.308 e. The monoisotopic (exact) mass is 365 g/mol. The fourth-order valence-corrected chi connectivity index (χ4v) is 4.05. The van der Waals surface area contributed by atoms with E-state index in [-0.39, 0.29) is 24.3 Å². The molecule has 27 heavy (non-hydrogen) atoms. The van der Waals surface area contributed by atoms with E-state index in [9.17, 15) is 14.7 Å². The molecule has 142 valence electrons. The number of nitrogens with zero attached hydrogens (tertiary/aromatic N) is 1. The second-order valence-electron chi connectivity index (χ2n) is 7.73. The highest BCUT2D eigenvalue weighted by Gasteiger charge is 2.40. The van der Waals surface area contributed by atoms with E-state index < -0.39 is 11.9 Å². The largest absolute Gasteiger partial charge is 0.481 e. The zero-order valence-corrected chi connectivity index (χ0v) is 15.9. The van der Waals surface area contributed by atoms with Gasteiger partial charge in [-0.2, -0.15) is 0 Å². The Morgan fingerprint density at radius 2 is 1.59 bits per heavy atom. The predicted octanol–water partition coefficient (Wildman–Crippen LogP) is 4.14. The number of benzene rings is 2. The highest BCUT2D eigenvalue weighted by Crippen LogP contribution is 2.35. The van der Waals surface area contributed by atoms with Gasteiger partial charge >= 0.3 is 5.97 Å². The summed E-state index contributed by atoms with van der Waals surface area (Å²) in [6.45, 7) is 5.01. The van der Waals surface area contributed by atoms with E-state index in [4.69, 9.17) is 0 Å². The van der Waals surface area contributed by atoms with Crippen LogP contribution in [0.4, 0.5) is 0 Å². The van der Waals surface area contributed by atoms with Gasteiger partial charge < -0.3 is 10.0 Å². The fourth-order valence-electron chi connectivity index (χ4n) is 4.05. The van der Waals surface area contributed by atoms with Crippen molar-refractivity contribution in [2.45, 2.75) is 32.1 Å². The third-order valence-corrected chi connectivity index (χ3v) is 5.64. The normalized spacial score (nSPS) is 20.6. The van der Waals surface area contributed by atoms with Crippen LogP contribution in [0.2, 0.25) is 0 Å². The van der Waals surface area contributed by atoms with Crippen molar-refractivity contribution in [1.82, 2.24) is 4.90 Å². The molecule has 0 aromatic heterocycles. The van der Waals surface area contributed by atoms with E-state index >= 15 is 0 Å². The summed E-state index contributed by atoms with van der Waals surface area (Å²) >= 11 is 0. The van der Waals surface area contributed by atoms with Gasteiger partial charge in [0.15, 0.2) is 0 Å². The molecule has 1 saturated heterocycles. The number of carbonyl (C=O) groups excluding carboxylic acids is 1. The lowest BCUT2D eigenvalue weighted by molar-refractivity contribution is -0.141. The van der Waals surface area contributed by atoms with Crippen molar-refractivity contribution in [1.29, 1.82) is 0 Å². The van der Waals surface area contributed by atoms with Crippen molar-refractivity contribution in [2.24, 2.45) is 11.8 Å². The lowest BCUT2D eigenvalue weighted by Gasteiger charge is -2.24. The zero-order chi connectivity index (χ0) is 19.4. The van der Waals surface area contributed by atoms with Crippen molar-refractivity contribution in [2.75, 3.05) is 13.1 Å². The van der Waals surface area contributed by atoms with E-state index in [0.29, 0.717) is 18.9 Å². The first kappa shape index (κ1) is 19.2. The number of likely N-dealkylation sites (tertiary alicyclic amines) is 1. The van der Waals surface area contributed by atoms with Crippen LogP contribution in [0.5, 0.6) is 0 Å². The van der Waals surface area contributed by atoms with Crippen molar-refractivity contribution >= 4 is 11.9 Å². The summed E-state index contributed by atoms with van der Waals surface area (Å²) in [5.41, 5.74) is 2.15. The molecule has 1 fully saturated rings. The van der Waals surface area contributed by atoms with Crippen LogP contribution >= 0.6 is 0 Å². The van der Waals surface area contributed by atoms with Crippen LogP contribution in [-0.2, 0) is 9.59 Å². The molecule has 1 aliphatic heterocycles. The van der Waals surface area contributed by atoms with Gasteiger partial charge in [0.25, 0.3) is 0 Å². The number of aliphatic carboxylic acids is 1. The van der Waals surface area contributed by atoms with E-state index in [2.05, 4.69) is 26.0 Å². The van der Waals surface area contributed by atoms with Gasteiger partial charge in [-0.05, 0) is 23.0 Å². The van der Waals surface area contributed by atoms with E-state index in [1.165, 1.54) is 0 Å². The minimum Gasteiger partial charge on any atom is -0.481 e. The first-order valence-electron chi connectivity index (χ1n) is 9.57. The highest BCUT2D eigenvalue weighted by molar-refractivity contribution is 5.80. The molecule has 0 saturated carbocycles. The molecule has 4 heteroatoms. The first-order chi connectivity index (χ1) is 13.0. The van der Waals surface area contributed by atoms with E-state index in [0.717, 1.165) is 11.1 Å². The Bertz CT molecular complexity index is 773. The molecule has 4 nitrogen and oxygen atoms in total. The minimum atomic E-state index is -0.831. The molecule has 2 aromatic carbocycles. The van der Waals surface area contributed by atoms with E-state index in [1.54, 1.807) is 4.90 Å². The summed E-state index contributed by atoms with van der Waals surface area (Å²) < 4.78 is 0. The molecule has 3 rings (SSSR count). The van der Waals surface area contributed by atoms with E-state index in [1.807, 2.05) is 48.5 Å². The molecular formula is C23H27NO3. The van der Waals surface area contributed by atoms with Gasteiger partial charge in [-0.1, -0.05) is 74.5 Å². The van der Waals surface area contributed by atoms with Gasteiger partial charge in [0, 0.05) is 25.4 Å². The van der Waals surface area contributed by atoms with Crippen LogP contribution in [0.3, 0.4) is 0 Å². The molecule has 2 aromatic rings. The minimum absolute atomic E-state index is 0.0437. The Balaban J connectivity index is 1.75. The third kappa shape index (κ3) is 4.38. The Morgan fingerprint density at radius 3 is 2.15 bits per heavy atom. The number of carbonyl (C=O) groups is 2. The highest BCUT2D eigenvalue weighted by atomic mass is 16.4. The molecule has 0 bridgehead atoms. The molecule has 0 aliphatic carbocycles. The maximum absolute atomic E-state index is 13.0. The van der Waals surface area contributed by atoms with Crippen LogP contribution < -0.4 is 0 Å². The first-order valence-corrected chi connectivity index (χ1v) is 9.57. The third-order valence-electron chi connectivity index (χ3n) is 5.64. The molecule has 3 unspecified atom stereocenters. The summed E-state index contributed by atoms with van der Waals surface area (Å²) in [5.74, 6) is -1.02. The van der Waals surface area contributed by atoms with Crippen molar-refractivity contribution in [3.63, 3.8) is 0 Å². The summed E-state index contributed by atoms with van der Waals surface area (Å²) in [4.78, 5) is 26.5. The number of hydrogen-bond donors (Lipinski definition) is 1. The van der Waals surface area contributed by atoms with Crippen LogP contribution in [0.15, 0.2) is 60.7 Å². The summed E-state index contributed by atoms with van der Waals surface area (Å²) in [6, 6.07) is 19.8. The molecular weight excluding hydrogens is 338 g/mol. The van der Waals surface area contributed by atoms with Gasteiger partial charge in [-0.15, -0.1) is 0 Å². The Hall–Kier alpha value is -2.62. The molecule has 1 aliphatic rings. The number of rotatable bonds is 6. The summed E-state index contributed by atoms with van der Waals surface area (Å²) in [6.07, 6.45) is 0.412. The lowest BCUT2D eigenvalue weighted by atomic mass is 9.85. The molecule has 3 atom stereocenters. The second-order valence-corrected chi connectivity index (χ2v) is 7.73. The summed E-state index contributed by atoms with van der Waals surface area (Å²) in [7, 11) is 0. The fraction of sp³-hybridized carbons (Fsp3) is 0.391. The molecule has 1 N–H and O–H groups in total. The SMILES string of the molecule is CC(C)C(CC(=O)N1CC(C(=O)O)C(c2ccccc2)C1)c1ccccc1. The number of amides is 1. The molecule has 0 spiro atoms. The van der Waals surface area contributed by atoms with Crippen LogP contribution in [0.1, 0.15) is 43.2 Å². The Kier molecular flexibility index (Phi) is 5.94. The predicted molar refractivity (Wildman–Crippen MR) is 106 cm³/mol. The van der Waals surface area contributed by atoms with Crippen molar-refractivity contribution in [3.8, 4) is 0 Å². The van der Waals surface area contributed by atoms with Crippen LogP contribution in [-0.4, -0.2) is 35.0 Å². The quantitative estimate of drug-likeness (QED) is 0.837. The van der Waals surface area contributed by atoms with Crippen molar-refractivity contribution in [3.05, 3.63) is 71.8 Å². The summed E-state index contributed by atoms with van der Waals surface area (Å²) in [5, 5.41) is 9.65. The van der Waals surface area contributed by atoms with Gasteiger partial charge in [0.1, 0.15) is 0 Å². The average Bonchev–Trinajstić information content (AvgIpc) is 3.13. The molecule has 1 heterocycles. The number of carboxylic acid groups (broad SMARTS) is 1. The lowest BCUT2D eigenvalue weighted by Crippen LogP contribution is -2.31. The van der Waals surface area contributed by atoms with Crippen LogP contribution in [0.25, 0.3) is 0 Å². The second kappa shape index (κ2) is 8.38. The topological polar surface area (TPSA) is 57.6 Å². The number of carboxylic acids is 1. The maximum atomic E-state index is 13.0. The van der Waals surface area contributed by atoms with Gasteiger partial charge in [-0.3, -0.25) is 9.59 Å². The zero-order valence-electron chi connectivity index (χ0n) is 15.9. The van der Waals surface area contributed by atoms with Gasteiger partial charge in [-0.25, -0.2) is 0 Å². The molecule has 1 amide bonds. The Labute approximate surface area is 160 Å². The molecule has 0 radical (unpaired) electrons. The smallest absolute Gasteiger partial charge is 0.308 e. The number of hydrogen-bond acceptors (Lipinski definition) is 2. The average molecular weight is 365 g/mol. The Morgan fingerprint density at radius 1 is 1.00 bits per heavy atom. The van der Waals surface area contributed by atoms with Crippen molar-refractivity contribution < 1.29 is 14.7 Å². The van der Waals surface area contributed by atoms with Gasteiger partial charge in [0.05, 0.1) is 5.92 Å². The van der Waals surface area contributed by atoms with Crippen LogP contribution in [0, 0.1) is 11.8 Å². The standard InChI is InChI=1S/C23H27NO3/c1-16(2)19(17-9-5-3-6-10-17)13-22(25)24-14-20(21(15-24)23(26)27)18-11-7-4-8-12-18/h3-12,16,19-21H,13-15H2,1-2H3,(H,26,27).